The summed E-state index contributed by atoms with van der Waals surface area (Å²) in [7, 11) is 0. The van der Waals surface area contributed by atoms with Gasteiger partial charge in [-0.15, -0.1) is 0 Å². The average molecular weight is 431 g/mol. The van der Waals surface area contributed by atoms with Gasteiger partial charge >= 0.3 is 0 Å². The van der Waals surface area contributed by atoms with Gasteiger partial charge in [0.1, 0.15) is 0 Å². The lowest BCUT2D eigenvalue weighted by Gasteiger charge is -2.22. The standard InChI is InChI=1S/C30H24O.C2H6/c1-17-5-9-21-22-11-7-19(15-26(22)29(31)25(21)13-17)20-8-12-24-23-10-6-18(2)14-27(23)30(3,4)28(24)16-20;1-2/h5-16H,1-4H3;1-2H3. The second kappa shape index (κ2) is 7.56. The zero-order valence-electron chi connectivity index (χ0n) is 20.3. The zero-order chi connectivity index (χ0) is 23.5. The first-order valence-electron chi connectivity index (χ1n) is 11.9. The van der Waals surface area contributed by atoms with E-state index in [4.69, 9.17) is 0 Å². The summed E-state index contributed by atoms with van der Waals surface area (Å²) in [6.45, 7) is 12.8. The molecule has 0 radical (unpaired) electrons. The van der Waals surface area contributed by atoms with Crippen molar-refractivity contribution in [2.75, 3.05) is 0 Å². The average Bonchev–Trinajstić information content (AvgIpc) is 3.22. The highest BCUT2D eigenvalue weighted by Crippen LogP contribution is 2.50. The summed E-state index contributed by atoms with van der Waals surface area (Å²) in [6.07, 6.45) is 0. The van der Waals surface area contributed by atoms with E-state index in [1.165, 1.54) is 33.4 Å². The fourth-order valence-electron chi connectivity index (χ4n) is 5.40. The van der Waals surface area contributed by atoms with Gasteiger partial charge in [0, 0.05) is 16.5 Å². The number of hydrogen-bond donors (Lipinski definition) is 0. The van der Waals surface area contributed by atoms with Crippen LogP contribution in [0.1, 0.15) is 65.9 Å². The predicted molar refractivity (Wildman–Crippen MR) is 139 cm³/mol. The van der Waals surface area contributed by atoms with Crippen molar-refractivity contribution in [3.8, 4) is 33.4 Å². The fraction of sp³-hybridized carbons (Fsp3) is 0.219. The number of rotatable bonds is 1. The SMILES string of the molecule is CC.Cc1ccc2c(c1)C(=O)c1cc(-c3ccc4c(c3)C(C)(C)c3cc(C)ccc3-4)ccc1-2. The van der Waals surface area contributed by atoms with Crippen molar-refractivity contribution >= 4 is 5.78 Å². The van der Waals surface area contributed by atoms with E-state index in [9.17, 15) is 4.79 Å². The van der Waals surface area contributed by atoms with Crippen molar-refractivity contribution < 1.29 is 4.79 Å². The molecule has 4 aromatic rings. The molecule has 1 heteroatoms. The Hall–Kier alpha value is -3.45. The van der Waals surface area contributed by atoms with Gasteiger partial charge in [-0.1, -0.05) is 93.4 Å². The molecule has 2 aliphatic rings. The van der Waals surface area contributed by atoms with Gasteiger partial charge in [-0.05, 0) is 76.6 Å². The number of fused-ring (bicyclic) bond motifs is 6. The molecule has 0 spiro atoms. The Morgan fingerprint density at radius 3 is 1.64 bits per heavy atom. The first-order valence-corrected chi connectivity index (χ1v) is 11.9. The van der Waals surface area contributed by atoms with Gasteiger partial charge in [0.15, 0.2) is 5.78 Å². The molecular weight excluding hydrogens is 400 g/mol. The Kier molecular flexibility index (Phi) is 4.90. The molecule has 0 saturated heterocycles. The molecule has 0 bridgehead atoms. The summed E-state index contributed by atoms with van der Waals surface area (Å²) in [5, 5.41) is 0. The van der Waals surface area contributed by atoms with E-state index in [1.807, 2.05) is 26.8 Å². The number of hydrogen-bond acceptors (Lipinski definition) is 1. The Balaban J connectivity index is 0.00000111. The molecular formula is C32H30O. The number of carbonyl (C=O) groups is 1. The lowest BCUT2D eigenvalue weighted by molar-refractivity contribution is 0.104. The summed E-state index contributed by atoms with van der Waals surface area (Å²) in [6, 6.07) is 26.1. The minimum absolute atomic E-state index is 0.0347. The van der Waals surface area contributed by atoms with Crippen molar-refractivity contribution in [2.24, 2.45) is 0 Å². The first-order chi connectivity index (χ1) is 15.8. The van der Waals surface area contributed by atoms with Crippen molar-refractivity contribution in [1.82, 2.24) is 0 Å². The second-order valence-electron chi connectivity index (χ2n) is 9.57. The van der Waals surface area contributed by atoms with Gasteiger partial charge in [0.05, 0.1) is 0 Å². The lowest BCUT2D eigenvalue weighted by atomic mass is 9.81. The molecule has 6 rings (SSSR count). The highest BCUT2D eigenvalue weighted by atomic mass is 16.1. The molecule has 164 valence electrons. The number of aryl methyl sites for hydroxylation is 2. The molecule has 0 fully saturated rings. The van der Waals surface area contributed by atoms with E-state index in [2.05, 4.69) is 87.5 Å². The molecule has 1 nitrogen and oxygen atoms in total. The molecule has 0 N–H and O–H groups in total. The third-order valence-corrected chi connectivity index (χ3v) is 7.14. The van der Waals surface area contributed by atoms with Gasteiger partial charge in [0.25, 0.3) is 0 Å². The van der Waals surface area contributed by atoms with Crippen molar-refractivity contribution in [2.45, 2.75) is 47.0 Å². The van der Waals surface area contributed by atoms with Crippen LogP contribution in [0.4, 0.5) is 0 Å². The van der Waals surface area contributed by atoms with Crippen LogP contribution in [0.5, 0.6) is 0 Å². The van der Waals surface area contributed by atoms with Crippen molar-refractivity contribution in [3.63, 3.8) is 0 Å². The highest BCUT2D eigenvalue weighted by Gasteiger charge is 2.35. The molecule has 2 aliphatic carbocycles. The fourth-order valence-corrected chi connectivity index (χ4v) is 5.40. The molecule has 0 atom stereocenters. The van der Waals surface area contributed by atoms with Gasteiger partial charge in [-0.25, -0.2) is 0 Å². The quantitative estimate of drug-likeness (QED) is 0.260. The van der Waals surface area contributed by atoms with Gasteiger partial charge in [-0.2, -0.15) is 0 Å². The van der Waals surface area contributed by atoms with Gasteiger partial charge < -0.3 is 0 Å². The van der Waals surface area contributed by atoms with Crippen molar-refractivity contribution in [1.29, 1.82) is 0 Å². The number of ketones is 1. The second-order valence-corrected chi connectivity index (χ2v) is 9.57. The lowest BCUT2D eigenvalue weighted by Crippen LogP contribution is -2.15. The summed E-state index contributed by atoms with van der Waals surface area (Å²) in [5.41, 5.74) is 13.8. The maximum Gasteiger partial charge on any atom is 0.194 e. The Morgan fingerprint density at radius 1 is 0.515 bits per heavy atom. The normalized spacial score (nSPS) is 14.1. The summed E-state index contributed by atoms with van der Waals surface area (Å²) in [4.78, 5) is 13.1. The molecule has 0 aromatic heterocycles. The molecule has 0 aliphatic heterocycles. The summed E-state index contributed by atoms with van der Waals surface area (Å²) in [5.74, 6) is 0.139. The highest BCUT2D eigenvalue weighted by molar-refractivity contribution is 6.22. The molecule has 0 heterocycles. The summed E-state index contributed by atoms with van der Waals surface area (Å²) < 4.78 is 0. The molecule has 0 amide bonds. The van der Waals surface area contributed by atoms with E-state index in [1.54, 1.807) is 0 Å². The topological polar surface area (TPSA) is 17.1 Å². The van der Waals surface area contributed by atoms with Crippen LogP contribution in [0.25, 0.3) is 33.4 Å². The minimum Gasteiger partial charge on any atom is -0.289 e. The third kappa shape index (κ3) is 3.10. The van der Waals surface area contributed by atoms with Crippen LogP contribution in [-0.2, 0) is 5.41 Å². The first kappa shape index (κ1) is 21.4. The maximum absolute atomic E-state index is 13.1. The maximum atomic E-state index is 13.1. The Bertz CT molecular complexity index is 1440. The molecule has 4 aromatic carbocycles. The largest absolute Gasteiger partial charge is 0.289 e. The van der Waals surface area contributed by atoms with Crippen LogP contribution < -0.4 is 0 Å². The van der Waals surface area contributed by atoms with Crippen LogP contribution in [0, 0.1) is 13.8 Å². The van der Waals surface area contributed by atoms with Crippen LogP contribution in [-0.4, -0.2) is 5.78 Å². The van der Waals surface area contributed by atoms with Crippen LogP contribution in [0.3, 0.4) is 0 Å². The molecule has 0 unspecified atom stereocenters. The van der Waals surface area contributed by atoms with Crippen LogP contribution in [0.2, 0.25) is 0 Å². The molecule has 33 heavy (non-hydrogen) atoms. The van der Waals surface area contributed by atoms with E-state index in [0.717, 1.165) is 33.4 Å². The molecule has 0 saturated carbocycles. The predicted octanol–water partition coefficient (Wildman–Crippen LogP) is 8.51. The Labute approximate surface area is 197 Å². The van der Waals surface area contributed by atoms with E-state index < -0.39 is 0 Å². The van der Waals surface area contributed by atoms with Gasteiger partial charge in [-0.3, -0.25) is 4.79 Å². The smallest absolute Gasteiger partial charge is 0.194 e. The zero-order valence-corrected chi connectivity index (χ0v) is 20.3. The van der Waals surface area contributed by atoms with Crippen LogP contribution in [0.15, 0.2) is 72.8 Å². The summed E-state index contributed by atoms with van der Waals surface area (Å²) >= 11 is 0. The van der Waals surface area contributed by atoms with E-state index >= 15 is 0 Å². The number of carbonyl (C=O) groups excluding carboxylic acids is 1. The number of benzene rings is 4. The monoisotopic (exact) mass is 430 g/mol. The third-order valence-electron chi connectivity index (χ3n) is 7.14. The Morgan fingerprint density at radius 2 is 0.970 bits per heavy atom. The van der Waals surface area contributed by atoms with Crippen LogP contribution >= 0.6 is 0 Å². The van der Waals surface area contributed by atoms with Gasteiger partial charge in [0.2, 0.25) is 0 Å². The van der Waals surface area contributed by atoms with E-state index in [-0.39, 0.29) is 11.2 Å². The van der Waals surface area contributed by atoms with E-state index in [0.29, 0.717) is 0 Å². The van der Waals surface area contributed by atoms with Crippen molar-refractivity contribution in [3.05, 3.63) is 106 Å². The minimum atomic E-state index is -0.0347.